The second-order valence-electron chi connectivity index (χ2n) is 5.59. The van der Waals surface area contributed by atoms with E-state index < -0.39 is 10.0 Å². The van der Waals surface area contributed by atoms with Crippen molar-refractivity contribution in [3.8, 4) is 5.75 Å². The lowest BCUT2D eigenvalue weighted by Crippen LogP contribution is -2.39. The molecule has 0 radical (unpaired) electrons. The number of benzene rings is 1. The molecule has 2 saturated heterocycles. The van der Waals surface area contributed by atoms with E-state index in [9.17, 15) is 8.42 Å². The van der Waals surface area contributed by atoms with E-state index in [-0.39, 0.29) is 18.4 Å². The molecule has 0 amide bonds. The molecule has 2 aliphatic heterocycles. The van der Waals surface area contributed by atoms with Crippen LogP contribution in [-0.2, 0) is 10.0 Å². The molecule has 0 aromatic heterocycles. The Morgan fingerprint density at radius 3 is 2.73 bits per heavy atom. The SMILES string of the molecule is COc1cc(S(=O)(=O)N2CCC3CCC(C2)N3)ccc1Br.Cl. The van der Waals surface area contributed by atoms with Gasteiger partial charge in [0.25, 0.3) is 0 Å². The fourth-order valence-electron chi connectivity index (χ4n) is 3.08. The van der Waals surface area contributed by atoms with Crippen LogP contribution >= 0.6 is 28.3 Å². The summed E-state index contributed by atoms with van der Waals surface area (Å²) in [5, 5.41) is 3.50. The normalized spacial score (nSPS) is 25.4. The highest BCUT2D eigenvalue weighted by Crippen LogP contribution is 2.30. The van der Waals surface area contributed by atoms with Gasteiger partial charge in [-0.25, -0.2) is 8.42 Å². The number of hydrogen-bond donors (Lipinski definition) is 1. The quantitative estimate of drug-likeness (QED) is 0.830. The van der Waals surface area contributed by atoms with Gasteiger partial charge in [0.05, 0.1) is 16.5 Å². The molecule has 1 N–H and O–H groups in total. The van der Waals surface area contributed by atoms with Crippen molar-refractivity contribution in [3.05, 3.63) is 22.7 Å². The van der Waals surface area contributed by atoms with E-state index in [2.05, 4.69) is 21.2 Å². The molecule has 2 aliphatic rings. The van der Waals surface area contributed by atoms with Crippen LogP contribution in [0.3, 0.4) is 0 Å². The van der Waals surface area contributed by atoms with Crippen LogP contribution in [0.4, 0.5) is 0 Å². The van der Waals surface area contributed by atoms with Gasteiger partial charge in [-0.05, 0) is 47.3 Å². The molecule has 22 heavy (non-hydrogen) atoms. The molecule has 0 saturated carbocycles. The van der Waals surface area contributed by atoms with Gasteiger partial charge in [0.2, 0.25) is 10.0 Å². The van der Waals surface area contributed by atoms with Crippen LogP contribution in [0, 0.1) is 0 Å². The lowest BCUT2D eigenvalue weighted by Gasteiger charge is -2.24. The Morgan fingerprint density at radius 2 is 2.00 bits per heavy atom. The molecular weight excluding hydrogens is 392 g/mol. The number of fused-ring (bicyclic) bond motifs is 2. The predicted molar refractivity (Wildman–Crippen MR) is 91.3 cm³/mol. The van der Waals surface area contributed by atoms with Crippen molar-refractivity contribution in [2.75, 3.05) is 20.2 Å². The molecule has 0 spiro atoms. The molecule has 3 rings (SSSR count). The summed E-state index contributed by atoms with van der Waals surface area (Å²) in [5.41, 5.74) is 0. The highest BCUT2D eigenvalue weighted by atomic mass is 79.9. The topological polar surface area (TPSA) is 58.6 Å². The number of halogens is 2. The number of nitrogens with one attached hydrogen (secondary N) is 1. The molecule has 2 fully saturated rings. The molecule has 5 nitrogen and oxygen atoms in total. The van der Waals surface area contributed by atoms with Gasteiger partial charge < -0.3 is 10.1 Å². The minimum Gasteiger partial charge on any atom is -0.496 e. The second kappa shape index (κ2) is 7.05. The zero-order chi connectivity index (χ0) is 15.0. The summed E-state index contributed by atoms with van der Waals surface area (Å²) < 4.78 is 33.2. The third-order valence-electron chi connectivity index (χ3n) is 4.25. The molecule has 1 aromatic carbocycles. The number of ether oxygens (including phenoxy) is 1. The van der Waals surface area contributed by atoms with E-state index in [1.807, 2.05) is 0 Å². The zero-order valence-electron chi connectivity index (χ0n) is 12.3. The van der Waals surface area contributed by atoms with Crippen LogP contribution in [0.25, 0.3) is 0 Å². The molecule has 1 aromatic rings. The third kappa shape index (κ3) is 3.43. The van der Waals surface area contributed by atoms with Crippen LogP contribution in [-0.4, -0.2) is 45.0 Å². The first kappa shape index (κ1) is 18.0. The Hall–Kier alpha value is -0.340. The Labute approximate surface area is 146 Å². The first-order chi connectivity index (χ1) is 10.0. The Balaban J connectivity index is 0.00000176. The zero-order valence-corrected chi connectivity index (χ0v) is 15.5. The molecule has 124 valence electrons. The molecule has 2 heterocycles. The molecule has 2 unspecified atom stereocenters. The maximum atomic E-state index is 12.8. The lowest BCUT2D eigenvalue weighted by molar-refractivity contribution is 0.382. The minimum absolute atomic E-state index is 0. The fraction of sp³-hybridized carbons (Fsp3) is 0.571. The van der Waals surface area contributed by atoms with Gasteiger partial charge >= 0.3 is 0 Å². The fourth-order valence-corrected chi connectivity index (χ4v) is 5.00. The maximum absolute atomic E-state index is 12.8. The van der Waals surface area contributed by atoms with Gasteiger partial charge in [0.15, 0.2) is 0 Å². The average molecular weight is 412 g/mol. The standard InChI is InChI=1S/C14H19BrN2O3S.ClH/c1-20-14-8-12(4-5-13(14)15)21(18,19)17-7-6-10-2-3-11(9-17)16-10;/h4-5,8,10-11,16H,2-3,6-7,9H2,1H3;1H. The van der Waals surface area contributed by atoms with E-state index in [1.165, 1.54) is 7.11 Å². The first-order valence-electron chi connectivity index (χ1n) is 7.10. The van der Waals surface area contributed by atoms with Crippen LogP contribution in [0.5, 0.6) is 5.75 Å². The van der Waals surface area contributed by atoms with Crippen LogP contribution in [0.2, 0.25) is 0 Å². The second-order valence-corrected chi connectivity index (χ2v) is 8.38. The monoisotopic (exact) mass is 410 g/mol. The van der Waals surface area contributed by atoms with Crippen molar-refractivity contribution in [2.24, 2.45) is 0 Å². The smallest absolute Gasteiger partial charge is 0.243 e. The number of nitrogens with zero attached hydrogens (tertiary/aromatic N) is 1. The Kier molecular flexibility index (Phi) is 5.77. The number of hydrogen-bond acceptors (Lipinski definition) is 4. The molecule has 8 heteroatoms. The predicted octanol–water partition coefficient (Wildman–Crippen LogP) is 2.39. The maximum Gasteiger partial charge on any atom is 0.243 e. The van der Waals surface area contributed by atoms with Gasteiger partial charge in [0, 0.05) is 31.2 Å². The van der Waals surface area contributed by atoms with Gasteiger partial charge in [-0.3, -0.25) is 0 Å². The number of sulfonamides is 1. The largest absolute Gasteiger partial charge is 0.496 e. The van der Waals surface area contributed by atoms with Crippen LogP contribution in [0.1, 0.15) is 19.3 Å². The van der Waals surface area contributed by atoms with Crippen LogP contribution in [0.15, 0.2) is 27.6 Å². The van der Waals surface area contributed by atoms with Crippen molar-refractivity contribution in [2.45, 2.75) is 36.2 Å². The van der Waals surface area contributed by atoms with E-state index in [0.29, 0.717) is 29.8 Å². The van der Waals surface area contributed by atoms with E-state index in [1.54, 1.807) is 22.5 Å². The third-order valence-corrected chi connectivity index (χ3v) is 6.76. The van der Waals surface area contributed by atoms with Crippen molar-refractivity contribution < 1.29 is 13.2 Å². The highest BCUT2D eigenvalue weighted by molar-refractivity contribution is 9.10. The highest BCUT2D eigenvalue weighted by Gasteiger charge is 2.35. The number of rotatable bonds is 3. The summed E-state index contributed by atoms with van der Waals surface area (Å²) >= 11 is 3.35. The van der Waals surface area contributed by atoms with E-state index in [4.69, 9.17) is 4.74 Å². The molecule has 0 aliphatic carbocycles. The minimum atomic E-state index is -3.46. The Bertz CT molecular complexity index is 641. The van der Waals surface area contributed by atoms with Gasteiger partial charge in [0.1, 0.15) is 5.75 Å². The van der Waals surface area contributed by atoms with Crippen molar-refractivity contribution in [1.82, 2.24) is 9.62 Å². The van der Waals surface area contributed by atoms with Crippen molar-refractivity contribution in [1.29, 1.82) is 0 Å². The molecule has 2 atom stereocenters. The number of methoxy groups -OCH3 is 1. The first-order valence-corrected chi connectivity index (χ1v) is 9.34. The summed E-state index contributed by atoms with van der Waals surface area (Å²) in [7, 11) is -1.93. The Morgan fingerprint density at radius 1 is 1.27 bits per heavy atom. The summed E-state index contributed by atoms with van der Waals surface area (Å²) in [5.74, 6) is 0.533. The summed E-state index contributed by atoms with van der Waals surface area (Å²) in [6.07, 6.45) is 3.09. The van der Waals surface area contributed by atoms with Crippen molar-refractivity contribution >= 4 is 38.4 Å². The van der Waals surface area contributed by atoms with E-state index in [0.717, 1.165) is 23.7 Å². The van der Waals surface area contributed by atoms with E-state index >= 15 is 0 Å². The molecule has 2 bridgehead atoms. The van der Waals surface area contributed by atoms with Crippen LogP contribution < -0.4 is 10.1 Å². The summed E-state index contributed by atoms with van der Waals surface area (Å²) in [4.78, 5) is 0.292. The van der Waals surface area contributed by atoms with Gasteiger partial charge in [-0.2, -0.15) is 4.31 Å². The summed E-state index contributed by atoms with van der Waals surface area (Å²) in [6.45, 7) is 1.13. The van der Waals surface area contributed by atoms with Gasteiger partial charge in [-0.1, -0.05) is 0 Å². The molecular formula is C14H20BrClN2O3S. The average Bonchev–Trinajstić information content (AvgIpc) is 2.77. The van der Waals surface area contributed by atoms with Gasteiger partial charge in [-0.15, -0.1) is 12.4 Å². The van der Waals surface area contributed by atoms with Crippen molar-refractivity contribution in [3.63, 3.8) is 0 Å². The summed E-state index contributed by atoms with van der Waals surface area (Å²) in [6, 6.07) is 5.67. The lowest BCUT2D eigenvalue weighted by atomic mass is 10.1.